The molecule has 2 nitrogen and oxygen atoms in total. The SMILES string of the molecule is CCc1cc(Br)ccc1NC(CC#N)c1ccccc1. The molecule has 0 aromatic heterocycles. The van der Waals surface area contributed by atoms with Gasteiger partial charge in [0.15, 0.2) is 0 Å². The molecule has 1 atom stereocenters. The summed E-state index contributed by atoms with van der Waals surface area (Å²) in [5.74, 6) is 0. The molecule has 2 aromatic rings. The molecule has 2 aromatic carbocycles. The van der Waals surface area contributed by atoms with Crippen LogP contribution < -0.4 is 5.32 Å². The molecule has 2 rings (SSSR count). The first-order valence-electron chi connectivity index (χ1n) is 6.71. The van der Waals surface area contributed by atoms with E-state index >= 15 is 0 Å². The van der Waals surface area contributed by atoms with Gasteiger partial charge in [-0.1, -0.05) is 53.2 Å². The number of nitriles is 1. The lowest BCUT2D eigenvalue weighted by Crippen LogP contribution is -2.11. The number of hydrogen-bond acceptors (Lipinski definition) is 2. The van der Waals surface area contributed by atoms with E-state index in [1.54, 1.807) is 0 Å². The maximum atomic E-state index is 9.05. The maximum absolute atomic E-state index is 9.05. The number of nitrogens with one attached hydrogen (secondary N) is 1. The molecule has 0 fully saturated rings. The molecule has 0 bridgehead atoms. The highest BCUT2D eigenvalue weighted by Gasteiger charge is 2.12. The molecule has 0 radical (unpaired) electrons. The van der Waals surface area contributed by atoms with E-state index in [2.05, 4.69) is 58.5 Å². The summed E-state index contributed by atoms with van der Waals surface area (Å²) < 4.78 is 1.08. The highest BCUT2D eigenvalue weighted by Crippen LogP contribution is 2.27. The van der Waals surface area contributed by atoms with Crippen LogP contribution in [0.1, 0.15) is 30.5 Å². The van der Waals surface area contributed by atoms with Crippen molar-refractivity contribution in [3.05, 3.63) is 64.1 Å². The van der Waals surface area contributed by atoms with Crippen molar-refractivity contribution in [2.24, 2.45) is 0 Å². The molecule has 1 unspecified atom stereocenters. The van der Waals surface area contributed by atoms with Crippen molar-refractivity contribution in [3.8, 4) is 6.07 Å². The number of rotatable bonds is 5. The van der Waals surface area contributed by atoms with Crippen molar-refractivity contribution in [2.45, 2.75) is 25.8 Å². The van der Waals surface area contributed by atoms with Gasteiger partial charge in [-0.3, -0.25) is 0 Å². The predicted molar refractivity (Wildman–Crippen MR) is 86.6 cm³/mol. The molecule has 0 aliphatic carbocycles. The minimum Gasteiger partial charge on any atom is -0.377 e. The Morgan fingerprint density at radius 3 is 2.60 bits per heavy atom. The summed E-state index contributed by atoms with van der Waals surface area (Å²) >= 11 is 3.50. The van der Waals surface area contributed by atoms with Crippen molar-refractivity contribution in [2.75, 3.05) is 5.32 Å². The molecule has 0 saturated heterocycles. The van der Waals surface area contributed by atoms with Crippen molar-refractivity contribution in [3.63, 3.8) is 0 Å². The Labute approximate surface area is 128 Å². The molecule has 0 heterocycles. The van der Waals surface area contributed by atoms with Gasteiger partial charge >= 0.3 is 0 Å². The standard InChI is InChI=1S/C17H17BrN2/c1-2-13-12-15(18)8-9-16(13)20-17(10-11-19)14-6-4-3-5-7-14/h3-9,12,17,20H,2,10H2,1H3. The molecule has 0 amide bonds. The van der Waals surface area contributed by atoms with E-state index in [-0.39, 0.29) is 6.04 Å². The molecule has 0 aliphatic rings. The third-order valence-electron chi connectivity index (χ3n) is 3.28. The van der Waals surface area contributed by atoms with E-state index in [1.165, 1.54) is 5.56 Å². The highest BCUT2D eigenvalue weighted by molar-refractivity contribution is 9.10. The molecule has 1 N–H and O–H groups in total. The first kappa shape index (κ1) is 14.6. The number of anilines is 1. The first-order chi connectivity index (χ1) is 9.74. The van der Waals surface area contributed by atoms with Crippen LogP contribution in [-0.4, -0.2) is 0 Å². The summed E-state index contributed by atoms with van der Waals surface area (Å²) in [4.78, 5) is 0. The topological polar surface area (TPSA) is 35.8 Å². The van der Waals surface area contributed by atoms with Crippen LogP contribution in [-0.2, 0) is 6.42 Å². The zero-order valence-electron chi connectivity index (χ0n) is 11.4. The van der Waals surface area contributed by atoms with Crippen LogP contribution in [0.4, 0.5) is 5.69 Å². The summed E-state index contributed by atoms with van der Waals surface area (Å²) in [6.07, 6.45) is 1.40. The van der Waals surface area contributed by atoms with Crippen LogP contribution in [0.3, 0.4) is 0 Å². The number of aryl methyl sites for hydroxylation is 1. The van der Waals surface area contributed by atoms with Crippen molar-refractivity contribution >= 4 is 21.6 Å². The minimum absolute atomic E-state index is 0.0210. The lowest BCUT2D eigenvalue weighted by atomic mass is 10.0. The summed E-state index contributed by atoms with van der Waals surface area (Å²) in [5, 5.41) is 12.5. The van der Waals surface area contributed by atoms with Gasteiger partial charge in [0.05, 0.1) is 18.5 Å². The summed E-state index contributed by atoms with van der Waals surface area (Å²) in [5.41, 5.74) is 3.48. The second-order valence-corrected chi connectivity index (χ2v) is 5.54. The fourth-order valence-electron chi connectivity index (χ4n) is 2.21. The highest BCUT2D eigenvalue weighted by atomic mass is 79.9. The first-order valence-corrected chi connectivity index (χ1v) is 7.50. The zero-order valence-corrected chi connectivity index (χ0v) is 13.0. The monoisotopic (exact) mass is 328 g/mol. The summed E-state index contributed by atoms with van der Waals surface area (Å²) in [6, 6.07) is 18.6. The van der Waals surface area contributed by atoms with E-state index in [1.807, 2.05) is 24.3 Å². The van der Waals surface area contributed by atoms with Crippen LogP contribution in [0.25, 0.3) is 0 Å². The van der Waals surface area contributed by atoms with Gasteiger partial charge in [-0.15, -0.1) is 0 Å². The Balaban J connectivity index is 2.27. The van der Waals surface area contributed by atoms with E-state index < -0.39 is 0 Å². The van der Waals surface area contributed by atoms with Crippen LogP contribution in [0.15, 0.2) is 53.0 Å². The van der Waals surface area contributed by atoms with E-state index in [4.69, 9.17) is 5.26 Å². The Morgan fingerprint density at radius 1 is 1.20 bits per heavy atom. The largest absolute Gasteiger partial charge is 0.377 e. The second kappa shape index (κ2) is 7.12. The molecule has 3 heteroatoms. The number of halogens is 1. The van der Waals surface area contributed by atoms with Crippen LogP contribution in [0.5, 0.6) is 0 Å². The third-order valence-corrected chi connectivity index (χ3v) is 3.77. The average molecular weight is 329 g/mol. The molecule has 20 heavy (non-hydrogen) atoms. The maximum Gasteiger partial charge on any atom is 0.0647 e. The van der Waals surface area contributed by atoms with Crippen LogP contribution in [0, 0.1) is 11.3 Å². The molecular weight excluding hydrogens is 312 g/mol. The molecule has 0 aliphatic heterocycles. The Morgan fingerprint density at radius 2 is 1.95 bits per heavy atom. The summed E-state index contributed by atoms with van der Waals surface area (Å²) in [6.45, 7) is 2.13. The predicted octanol–water partition coefficient (Wildman–Crippen LogP) is 5.08. The van der Waals surface area contributed by atoms with Crippen molar-refractivity contribution < 1.29 is 0 Å². The van der Waals surface area contributed by atoms with E-state index in [0.29, 0.717) is 6.42 Å². The lowest BCUT2D eigenvalue weighted by Gasteiger charge is -2.20. The van der Waals surface area contributed by atoms with Gasteiger partial charge in [0.25, 0.3) is 0 Å². The average Bonchev–Trinajstić information content (AvgIpc) is 2.49. The van der Waals surface area contributed by atoms with Crippen molar-refractivity contribution in [1.29, 1.82) is 5.26 Å². The van der Waals surface area contributed by atoms with E-state index in [0.717, 1.165) is 22.1 Å². The number of nitrogens with zero attached hydrogens (tertiary/aromatic N) is 1. The zero-order chi connectivity index (χ0) is 14.4. The number of hydrogen-bond donors (Lipinski definition) is 1. The normalized spacial score (nSPS) is 11.7. The van der Waals surface area contributed by atoms with Crippen LogP contribution in [0.2, 0.25) is 0 Å². The summed E-state index contributed by atoms with van der Waals surface area (Å²) in [7, 11) is 0. The Bertz CT molecular complexity index is 602. The fourth-order valence-corrected chi connectivity index (χ4v) is 2.62. The molecule has 0 saturated carbocycles. The van der Waals surface area contributed by atoms with Crippen LogP contribution >= 0.6 is 15.9 Å². The fraction of sp³-hybridized carbons (Fsp3) is 0.235. The Kier molecular flexibility index (Phi) is 5.20. The van der Waals surface area contributed by atoms with Gasteiger partial charge in [0.1, 0.15) is 0 Å². The van der Waals surface area contributed by atoms with Gasteiger partial charge < -0.3 is 5.32 Å². The Hall–Kier alpha value is -1.79. The molecule has 102 valence electrons. The second-order valence-electron chi connectivity index (χ2n) is 4.62. The van der Waals surface area contributed by atoms with Crippen molar-refractivity contribution in [1.82, 2.24) is 0 Å². The quantitative estimate of drug-likeness (QED) is 0.830. The van der Waals surface area contributed by atoms with Gasteiger partial charge in [-0.05, 0) is 35.7 Å². The smallest absolute Gasteiger partial charge is 0.0647 e. The van der Waals surface area contributed by atoms with Gasteiger partial charge in [-0.2, -0.15) is 5.26 Å². The molecular formula is C17H17BrN2. The lowest BCUT2D eigenvalue weighted by molar-refractivity contribution is 0.803. The number of benzene rings is 2. The third kappa shape index (κ3) is 3.61. The van der Waals surface area contributed by atoms with Gasteiger partial charge in [-0.25, -0.2) is 0 Å². The van der Waals surface area contributed by atoms with E-state index in [9.17, 15) is 0 Å². The van der Waals surface area contributed by atoms with Gasteiger partial charge in [0.2, 0.25) is 0 Å². The minimum atomic E-state index is 0.0210. The van der Waals surface area contributed by atoms with Gasteiger partial charge in [0, 0.05) is 10.2 Å². The molecule has 0 spiro atoms.